The standard InChI is InChI=1S/C12H13N3OS/c13-9-10-3-1-2-4-11(10)14-12(16)15-5-7-17-8-6-15/h1-4H,5-8H2,(H,14,16). The summed E-state index contributed by atoms with van der Waals surface area (Å²) in [6.07, 6.45) is 0. The second kappa shape index (κ2) is 5.60. The number of thioether (sulfide) groups is 1. The van der Waals surface area contributed by atoms with Crippen molar-refractivity contribution < 1.29 is 4.79 Å². The minimum atomic E-state index is -0.118. The number of nitrogens with one attached hydrogen (secondary N) is 1. The van der Waals surface area contributed by atoms with Crippen LogP contribution in [0.5, 0.6) is 0 Å². The molecule has 2 rings (SSSR count). The van der Waals surface area contributed by atoms with Crippen molar-refractivity contribution >= 4 is 23.5 Å². The molecule has 2 amide bonds. The lowest BCUT2D eigenvalue weighted by molar-refractivity contribution is 0.217. The van der Waals surface area contributed by atoms with Crippen LogP contribution in [0.25, 0.3) is 0 Å². The molecule has 17 heavy (non-hydrogen) atoms. The van der Waals surface area contributed by atoms with Crippen molar-refractivity contribution in [2.75, 3.05) is 29.9 Å². The minimum absolute atomic E-state index is 0.118. The molecule has 88 valence electrons. The second-order valence-corrected chi connectivity index (χ2v) is 4.91. The van der Waals surface area contributed by atoms with Crippen molar-refractivity contribution in [2.24, 2.45) is 0 Å². The number of urea groups is 1. The molecule has 4 nitrogen and oxygen atoms in total. The smallest absolute Gasteiger partial charge is 0.321 e. The maximum atomic E-state index is 11.9. The Bertz CT molecular complexity index is 449. The highest BCUT2D eigenvalue weighted by Gasteiger charge is 2.17. The van der Waals surface area contributed by atoms with Crippen LogP contribution in [0.15, 0.2) is 24.3 Å². The topological polar surface area (TPSA) is 56.1 Å². The zero-order chi connectivity index (χ0) is 12.1. The van der Waals surface area contributed by atoms with E-state index in [1.807, 2.05) is 17.8 Å². The van der Waals surface area contributed by atoms with Crippen molar-refractivity contribution in [1.82, 2.24) is 4.90 Å². The number of anilines is 1. The van der Waals surface area contributed by atoms with E-state index in [1.54, 1.807) is 23.1 Å². The first-order valence-electron chi connectivity index (χ1n) is 5.44. The van der Waals surface area contributed by atoms with Crippen molar-refractivity contribution in [3.05, 3.63) is 29.8 Å². The highest BCUT2D eigenvalue weighted by atomic mass is 32.2. The predicted octanol–water partition coefficient (Wildman–Crippen LogP) is 2.14. The van der Waals surface area contributed by atoms with E-state index in [0.29, 0.717) is 11.3 Å². The fourth-order valence-corrected chi connectivity index (χ4v) is 2.55. The Kier molecular flexibility index (Phi) is 3.89. The summed E-state index contributed by atoms with van der Waals surface area (Å²) in [5.74, 6) is 1.96. The van der Waals surface area contributed by atoms with E-state index in [9.17, 15) is 4.79 Å². The molecule has 0 saturated carbocycles. The number of hydrogen-bond acceptors (Lipinski definition) is 3. The van der Waals surface area contributed by atoms with Crippen molar-refractivity contribution in [3.8, 4) is 6.07 Å². The van der Waals surface area contributed by atoms with Crippen molar-refractivity contribution in [1.29, 1.82) is 5.26 Å². The van der Waals surface area contributed by atoms with E-state index in [4.69, 9.17) is 5.26 Å². The molecule has 0 unspecified atom stereocenters. The van der Waals surface area contributed by atoms with E-state index >= 15 is 0 Å². The summed E-state index contributed by atoms with van der Waals surface area (Å²) in [7, 11) is 0. The first kappa shape index (κ1) is 11.8. The third-order valence-electron chi connectivity index (χ3n) is 2.59. The maximum absolute atomic E-state index is 11.9. The number of amides is 2. The van der Waals surface area contributed by atoms with Gasteiger partial charge in [-0.25, -0.2) is 4.79 Å². The summed E-state index contributed by atoms with van der Waals surface area (Å²) in [5, 5.41) is 11.7. The van der Waals surface area contributed by atoms with Gasteiger partial charge in [0.05, 0.1) is 11.3 Å². The molecule has 1 aromatic carbocycles. The Balaban J connectivity index is 2.05. The Hall–Kier alpha value is -1.67. The molecule has 1 N–H and O–H groups in total. The molecule has 5 heteroatoms. The maximum Gasteiger partial charge on any atom is 0.321 e. The van der Waals surface area contributed by atoms with E-state index in [-0.39, 0.29) is 6.03 Å². The van der Waals surface area contributed by atoms with E-state index < -0.39 is 0 Å². The van der Waals surface area contributed by atoms with Crippen LogP contribution in [0, 0.1) is 11.3 Å². The number of carbonyl (C=O) groups excluding carboxylic acids is 1. The average Bonchev–Trinajstić information content (AvgIpc) is 2.40. The summed E-state index contributed by atoms with van der Waals surface area (Å²) in [5.41, 5.74) is 1.07. The first-order chi connectivity index (χ1) is 8.31. The van der Waals surface area contributed by atoms with Gasteiger partial charge >= 0.3 is 6.03 Å². The van der Waals surface area contributed by atoms with Gasteiger partial charge in [-0.05, 0) is 12.1 Å². The second-order valence-electron chi connectivity index (χ2n) is 3.69. The monoisotopic (exact) mass is 247 g/mol. The Morgan fingerprint density at radius 2 is 2.06 bits per heavy atom. The molecule has 1 aliphatic heterocycles. The van der Waals surface area contributed by atoms with Gasteiger partial charge in [-0.15, -0.1) is 0 Å². The van der Waals surface area contributed by atoms with Crippen molar-refractivity contribution in [2.45, 2.75) is 0 Å². The summed E-state index contributed by atoms with van der Waals surface area (Å²) >= 11 is 1.86. The fraction of sp³-hybridized carbons (Fsp3) is 0.333. The largest absolute Gasteiger partial charge is 0.323 e. The normalized spacial score (nSPS) is 15.1. The molecule has 0 aromatic heterocycles. The summed E-state index contributed by atoms with van der Waals surface area (Å²) < 4.78 is 0. The van der Waals surface area contributed by atoms with Crippen LogP contribution in [-0.4, -0.2) is 35.5 Å². The molecule has 0 aliphatic carbocycles. The molecular weight excluding hydrogens is 234 g/mol. The summed E-state index contributed by atoms with van der Waals surface area (Å²) in [4.78, 5) is 13.7. The van der Waals surface area contributed by atoms with Gasteiger partial charge in [-0.2, -0.15) is 17.0 Å². The van der Waals surface area contributed by atoms with Crippen LogP contribution in [0.2, 0.25) is 0 Å². The van der Waals surface area contributed by atoms with Gasteiger partial charge in [0.15, 0.2) is 0 Å². The third-order valence-corrected chi connectivity index (χ3v) is 3.53. The molecule has 0 spiro atoms. The van der Waals surface area contributed by atoms with Gasteiger partial charge in [0.1, 0.15) is 6.07 Å². The summed E-state index contributed by atoms with van der Waals surface area (Å²) in [6.45, 7) is 1.54. The highest BCUT2D eigenvalue weighted by molar-refractivity contribution is 7.99. The van der Waals surface area contributed by atoms with Crippen LogP contribution < -0.4 is 5.32 Å². The van der Waals surface area contributed by atoms with Crippen LogP contribution in [0.1, 0.15) is 5.56 Å². The number of hydrogen-bond donors (Lipinski definition) is 1. The molecule has 1 heterocycles. The molecular formula is C12H13N3OS. The quantitative estimate of drug-likeness (QED) is 0.827. The molecule has 1 saturated heterocycles. The van der Waals surface area contributed by atoms with Crippen LogP contribution in [0.4, 0.5) is 10.5 Å². The van der Waals surface area contributed by atoms with Gasteiger partial charge < -0.3 is 10.2 Å². The van der Waals surface area contributed by atoms with Gasteiger partial charge in [0, 0.05) is 24.6 Å². The van der Waals surface area contributed by atoms with Crippen LogP contribution in [0.3, 0.4) is 0 Å². The van der Waals surface area contributed by atoms with Gasteiger partial charge in [0.2, 0.25) is 0 Å². The van der Waals surface area contributed by atoms with Gasteiger partial charge in [-0.1, -0.05) is 12.1 Å². The SMILES string of the molecule is N#Cc1ccccc1NC(=O)N1CCSCC1. The molecule has 1 aliphatic rings. The zero-order valence-electron chi connectivity index (χ0n) is 9.35. The van der Waals surface area contributed by atoms with Gasteiger partial charge in [0.25, 0.3) is 0 Å². The molecule has 0 atom stereocenters. The number of carbonyl (C=O) groups is 1. The van der Waals surface area contributed by atoms with Crippen LogP contribution in [-0.2, 0) is 0 Å². The average molecular weight is 247 g/mol. The lowest BCUT2D eigenvalue weighted by Gasteiger charge is -2.26. The lowest BCUT2D eigenvalue weighted by atomic mass is 10.2. The highest BCUT2D eigenvalue weighted by Crippen LogP contribution is 2.16. The van der Waals surface area contributed by atoms with Gasteiger partial charge in [-0.3, -0.25) is 0 Å². The van der Waals surface area contributed by atoms with E-state index in [2.05, 4.69) is 11.4 Å². The van der Waals surface area contributed by atoms with Crippen LogP contribution >= 0.6 is 11.8 Å². The molecule has 1 aromatic rings. The predicted molar refractivity (Wildman–Crippen MR) is 69.1 cm³/mol. The molecule has 0 bridgehead atoms. The fourth-order valence-electron chi connectivity index (χ4n) is 1.65. The van der Waals surface area contributed by atoms with E-state index in [0.717, 1.165) is 24.6 Å². The number of benzene rings is 1. The number of nitrogens with zero attached hydrogens (tertiary/aromatic N) is 2. The molecule has 1 fully saturated rings. The Morgan fingerprint density at radius 3 is 2.76 bits per heavy atom. The number of nitriles is 1. The Morgan fingerprint density at radius 1 is 1.35 bits per heavy atom. The minimum Gasteiger partial charge on any atom is -0.323 e. The van der Waals surface area contributed by atoms with Crippen molar-refractivity contribution in [3.63, 3.8) is 0 Å². The lowest BCUT2D eigenvalue weighted by Crippen LogP contribution is -2.40. The summed E-state index contributed by atoms with van der Waals surface area (Å²) in [6, 6.07) is 8.98. The number of para-hydroxylation sites is 1. The Labute approximate surface area is 105 Å². The number of rotatable bonds is 1. The third kappa shape index (κ3) is 2.92. The van der Waals surface area contributed by atoms with E-state index in [1.165, 1.54) is 0 Å². The first-order valence-corrected chi connectivity index (χ1v) is 6.59. The molecule has 0 radical (unpaired) electrons. The zero-order valence-corrected chi connectivity index (χ0v) is 10.2.